The van der Waals surface area contributed by atoms with Gasteiger partial charge in [0.05, 0.1) is 12.3 Å². The van der Waals surface area contributed by atoms with Crippen LogP contribution >= 0.6 is 0 Å². The van der Waals surface area contributed by atoms with Crippen LogP contribution in [0.4, 0.5) is 0 Å². The van der Waals surface area contributed by atoms with Crippen molar-refractivity contribution >= 4 is 5.91 Å². The second-order valence-corrected chi connectivity index (χ2v) is 6.01. The Morgan fingerprint density at radius 2 is 2.30 bits per heavy atom. The summed E-state index contributed by atoms with van der Waals surface area (Å²) in [7, 11) is 5.34. The Labute approximate surface area is 119 Å². The molecule has 1 aromatic rings. The molecule has 1 saturated carbocycles. The second kappa shape index (κ2) is 5.54. The molecule has 6 nitrogen and oxygen atoms in total. The average molecular weight is 280 g/mol. The average Bonchev–Trinajstić information content (AvgIpc) is 2.81. The Bertz CT molecular complexity index is 483. The molecule has 0 aromatic carbocycles. The van der Waals surface area contributed by atoms with Crippen molar-refractivity contribution in [1.29, 1.82) is 0 Å². The van der Waals surface area contributed by atoms with E-state index in [1.54, 1.807) is 25.0 Å². The van der Waals surface area contributed by atoms with Gasteiger partial charge in [0.25, 0.3) is 0 Å². The molecule has 1 fully saturated rings. The number of aromatic nitrogens is 2. The molecule has 2 N–H and O–H groups in total. The maximum atomic E-state index is 12.4. The molecule has 112 valence electrons. The number of nitrogens with zero attached hydrogens (tertiary/aromatic N) is 2. The smallest absolute Gasteiger partial charge is 0.242 e. The van der Waals surface area contributed by atoms with Crippen molar-refractivity contribution in [2.24, 2.45) is 12.5 Å². The first-order chi connectivity index (χ1) is 9.40. The number of ether oxygens (including phenoxy) is 1. The van der Waals surface area contributed by atoms with E-state index in [2.05, 4.69) is 29.6 Å². The van der Waals surface area contributed by atoms with Gasteiger partial charge in [0.2, 0.25) is 5.91 Å². The first kappa shape index (κ1) is 15.0. The lowest BCUT2D eigenvalue weighted by Gasteiger charge is -2.51. The lowest BCUT2D eigenvalue weighted by molar-refractivity contribution is -0.134. The van der Waals surface area contributed by atoms with Crippen LogP contribution in [-0.2, 0) is 16.6 Å². The molecule has 0 spiro atoms. The summed E-state index contributed by atoms with van der Waals surface area (Å²) in [4.78, 5) is 12.4. The van der Waals surface area contributed by atoms with Crippen molar-refractivity contribution in [3.63, 3.8) is 0 Å². The predicted molar refractivity (Wildman–Crippen MR) is 76.1 cm³/mol. The van der Waals surface area contributed by atoms with E-state index < -0.39 is 0 Å². The number of aryl methyl sites for hydroxylation is 1. The van der Waals surface area contributed by atoms with E-state index in [0.717, 1.165) is 12.0 Å². The van der Waals surface area contributed by atoms with Crippen LogP contribution in [0.1, 0.15) is 31.9 Å². The van der Waals surface area contributed by atoms with E-state index in [4.69, 9.17) is 4.74 Å². The molecule has 1 aliphatic rings. The van der Waals surface area contributed by atoms with Gasteiger partial charge in [0.15, 0.2) is 0 Å². The Morgan fingerprint density at radius 3 is 2.75 bits per heavy atom. The Kier molecular flexibility index (Phi) is 4.15. The molecular formula is C14H24N4O2. The summed E-state index contributed by atoms with van der Waals surface area (Å²) < 4.78 is 7.10. The van der Waals surface area contributed by atoms with Gasteiger partial charge >= 0.3 is 0 Å². The lowest BCUT2D eigenvalue weighted by Crippen LogP contribution is -2.62. The van der Waals surface area contributed by atoms with Crippen molar-refractivity contribution in [3.05, 3.63) is 18.0 Å². The van der Waals surface area contributed by atoms with E-state index in [1.165, 1.54) is 0 Å². The van der Waals surface area contributed by atoms with Gasteiger partial charge in [-0.05, 0) is 13.5 Å². The van der Waals surface area contributed by atoms with Crippen LogP contribution in [-0.4, -0.2) is 42.0 Å². The Morgan fingerprint density at radius 1 is 1.60 bits per heavy atom. The topological polar surface area (TPSA) is 68.2 Å². The summed E-state index contributed by atoms with van der Waals surface area (Å²) >= 11 is 0. The molecule has 6 heteroatoms. The normalized spacial score (nSPS) is 25.9. The zero-order valence-electron chi connectivity index (χ0n) is 12.8. The number of amides is 1. The zero-order chi connectivity index (χ0) is 14.9. The maximum Gasteiger partial charge on any atom is 0.242 e. The first-order valence-corrected chi connectivity index (χ1v) is 6.89. The molecule has 1 heterocycles. The molecule has 0 radical (unpaired) electrons. The molecular weight excluding hydrogens is 256 g/mol. The van der Waals surface area contributed by atoms with Crippen molar-refractivity contribution in [2.45, 2.75) is 38.5 Å². The SMILES string of the molecule is CNC(C(=O)NC1CC(OC)C1(C)C)c1cnn(C)c1. The zero-order valence-corrected chi connectivity index (χ0v) is 12.8. The molecule has 3 unspecified atom stereocenters. The molecule has 2 rings (SSSR count). The van der Waals surface area contributed by atoms with Crippen LogP contribution in [0.15, 0.2) is 12.4 Å². The van der Waals surface area contributed by atoms with Gasteiger partial charge in [-0.1, -0.05) is 13.8 Å². The van der Waals surface area contributed by atoms with Gasteiger partial charge in [0.1, 0.15) is 6.04 Å². The van der Waals surface area contributed by atoms with E-state index in [9.17, 15) is 4.79 Å². The van der Waals surface area contributed by atoms with Gasteiger partial charge in [-0.25, -0.2) is 0 Å². The van der Waals surface area contributed by atoms with Gasteiger partial charge in [-0.2, -0.15) is 5.10 Å². The fourth-order valence-electron chi connectivity index (χ4n) is 2.82. The van der Waals surface area contributed by atoms with Crippen molar-refractivity contribution in [1.82, 2.24) is 20.4 Å². The number of hydrogen-bond donors (Lipinski definition) is 2. The summed E-state index contributed by atoms with van der Waals surface area (Å²) in [6.45, 7) is 4.24. The highest BCUT2D eigenvalue weighted by molar-refractivity contribution is 5.83. The second-order valence-electron chi connectivity index (χ2n) is 6.01. The Balaban J connectivity index is 2.01. The van der Waals surface area contributed by atoms with Gasteiger partial charge in [-0.15, -0.1) is 0 Å². The number of nitrogens with one attached hydrogen (secondary N) is 2. The van der Waals surface area contributed by atoms with Crippen LogP contribution in [0.25, 0.3) is 0 Å². The standard InChI is InChI=1S/C14H24N4O2/c1-14(2)10(6-11(14)20-5)17-13(19)12(15-3)9-7-16-18(4)8-9/h7-8,10-12,15H,6H2,1-5H3,(H,17,19). The third kappa shape index (κ3) is 2.58. The number of likely N-dealkylation sites (N-methyl/N-ethyl adjacent to an activating group) is 1. The van der Waals surface area contributed by atoms with Crippen molar-refractivity contribution < 1.29 is 9.53 Å². The Hall–Kier alpha value is -1.40. The summed E-state index contributed by atoms with van der Waals surface area (Å²) in [6.07, 6.45) is 4.63. The summed E-state index contributed by atoms with van der Waals surface area (Å²) in [5.74, 6) is -0.0203. The van der Waals surface area contributed by atoms with E-state index in [0.29, 0.717) is 0 Å². The molecule has 3 atom stereocenters. The molecule has 1 aliphatic carbocycles. The lowest BCUT2D eigenvalue weighted by atomic mass is 9.64. The highest BCUT2D eigenvalue weighted by atomic mass is 16.5. The number of hydrogen-bond acceptors (Lipinski definition) is 4. The molecule has 0 bridgehead atoms. The quantitative estimate of drug-likeness (QED) is 0.829. The highest BCUT2D eigenvalue weighted by Crippen LogP contribution is 2.42. The minimum Gasteiger partial charge on any atom is -0.381 e. The molecule has 1 aromatic heterocycles. The number of carbonyl (C=O) groups excluding carboxylic acids is 1. The van der Waals surface area contributed by atoms with Crippen molar-refractivity contribution in [3.8, 4) is 0 Å². The minimum atomic E-state index is -0.374. The third-order valence-corrected chi connectivity index (χ3v) is 4.39. The van der Waals surface area contributed by atoms with Gasteiger partial charge in [0, 0.05) is 37.4 Å². The molecule has 20 heavy (non-hydrogen) atoms. The predicted octanol–water partition coefficient (Wildman–Crippen LogP) is 0.610. The molecule has 0 saturated heterocycles. The fourth-order valence-corrected chi connectivity index (χ4v) is 2.82. The highest BCUT2D eigenvalue weighted by Gasteiger charge is 2.49. The third-order valence-electron chi connectivity index (χ3n) is 4.39. The van der Waals surface area contributed by atoms with E-state index in [-0.39, 0.29) is 29.5 Å². The van der Waals surface area contributed by atoms with Crippen LogP contribution in [0.3, 0.4) is 0 Å². The minimum absolute atomic E-state index is 0.0203. The summed E-state index contributed by atoms with van der Waals surface area (Å²) in [6, 6.07) is -0.228. The van der Waals surface area contributed by atoms with Crippen molar-refractivity contribution in [2.75, 3.05) is 14.2 Å². The molecule has 1 amide bonds. The number of carbonyl (C=O) groups is 1. The van der Waals surface area contributed by atoms with Crippen LogP contribution < -0.4 is 10.6 Å². The van der Waals surface area contributed by atoms with E-state index in [1.807, 2.05) is 13.2 Å². The number of methoxy groups -OCH3 is 1. The monoisotopic (exact) mass is 280 g/mol. The maximum absolute atomic E-state index is 12.4. The van der Waals surface area contributed by atoms with Crippen LogP contribution in [0.2, 0.25) is 0 Å². The fraction of sp³-hybridized carbons (Fsp3) is 0.714. The van der Waals surface area contributed by atoms with Crippen LogP contribution in [0, 0.1) is 5.41 Å². The summed E-state index contributed by atoms with van der Waals surface area (Å²) in [5, 5.41) is 10.3. The van der Waals surface area contributed by atoms with Gasteiger partial charge < -0.3 is 15.4 Å². The van der Waals surface area contributed by atoms with Crippen LogP contribution in [0.5, 0.6) is 0 Å². The molecule has 0 aliphatic heterocycles. The largest absolute Gasteiger partial charge is 0.381 e. The van der Waals surface area contributed by atoms with Gasteiger partial charge in [-0.3, -0.25) is 9.48 Å². The van der Waals surface area contributed by atoms with E-state index >= 15 is 0 Å². The first-order valence-electron chi connectivity index (χ1n) is 6.89. The number of rotatable bonds is 5. The summed E-state index contributed by atoms with van der Waals surface area (Å²) in [5.41, 5.74) is 0.838.